The molecule has 0 heterocycles. The molecule has 0 amide bonds. The molecule has 0 fully saturated rings. The third kappa shape index (κ3) is 2.42. The second kappa shape index (κ2) is 5.70. The molecule has 106 valence electrons. The van der Waals surface area contributed by atoms with Gasteiger partial charge in [-0.1, -0.05) is 43.3 Å². The molecule has 1 heteroatoms. The Balaban J connectivity index is 2.71. The van der Waals surface area contributed by atoms with Gasteiger partial charge in [-0.15, -0.1) is 9.24 Å². The fourth-order valence-electron chi connectivity index (χ4n) is 2.99. The zero-order valence-electron chi connectivity index (χ0n) is 13.2. The predicted octanol–water partition coefficient (Wildman–Crippen LogP) is 5.45. The number of rotatable bonds is 3. The van der Waals surface area contributed by atoms with E-state index in [0.29, 0.717) is 0 Å². The first-order chi connectivity index (χ1) is 9.41. The zero-order chi connectivity index (χ0) is 14.9. The van der Waals surface area contributed by atoms with Crippen LogP contribution in [0.5, 0.6) is 0 Å². The van der Waals surface area contributed by atoms with Crippen molar-refractivity contribution in [2.75, 3.05) is 0 Å². The van der Waals surface area contributed by atoms with Crippen molar-refractivity contribution in [3.05, 3.63) is 69.8 Å². The summed E-state index contributed by atoms with van der Waals surface area (Å²) in [7, 11) is 3.13. The Labute approximate surface area is 125 Å². The minimum Gasteiger partial charge on any atom is -0.122 e. The second-order valence-electron chi connectivity index (χ2n) is 5.82. The van der Waals surface area contributed by atoms with Crippen LogP contribution in [0.2, 0.25) is 0 Å². The van der Waals surface area contributed by atoms with Gasteiger partial charge in [0.15, 0.2) is 0 Å². The van der Waals surface area contributed by atoms with Gasteiger partial charge in [-0.2, -0.15) is 0 Å². The first-order valence-electron chi connectivity index (χ1n) is 7.34. The van der Waals surface area contributed by atoms with E-state index < -0.39 is 0 Å². The lowest BCUT2D eigenvalue weighted by molar-refractivity contribution is 0.698. The van der Waals surface area contributed by atoms with E-state index in [4.69, 9.17) is 0 Å². The van der Waals surface area contributed by atoms with Crippen LogP contribution in [-0.4, -0.2) is 0 Å². The standard InChI is InChI=1S/C19H25P/c1-6-19(20,17-11-7-9-13(2)15(17)4)18-12-8-10-14(3)16(18)5/h7-12H,6,20H2,1-5H3. The molecule has 0 aliphatic rings. The van der Waals surface area contributed by atoms with Gasteiger partial charge in [0.05, 0.1) is 0 Å². The summed E-state index contributed by atoms with van der Waals surface area (Å²) in [5, 5.41) is 0.00616. The minimum atomic E-state index is 0.00616. The maximum absolute atomic E-state index is 3.13. The van der Waals surface area contributed by atoms with Gasteiger partial charge in [0.25, 0.3) is 0 Å². The van der Waals surface area contributed by atoms with Crippen molar-refractivity contribution in [2.24, 2.45) is 0 Å². The van der Waals surface area contributed by atoms with Crippen LogP contribution >= 0.6 is 9.24 Å². The minimum absolute atomic E-state index is 0.00616. The molecule has 1 atom stereocenters. The molecule has 2 aromatic rings. The van der Waals surface area contributed by atoms with Crippen molar-refractivity contribution < 1.29 is 0 Å². The predicted molar refractivity (Wildman–Crippen MR) is 92.6 cm³/mol. The molecule has 2 rings (SSSR count). The van der Waals surface area contributed by atoms with E-state index in [0.717, 1.165) is 6.42 Å². The Morgan fingerprint density at radius 1 is 0.800 bits per heavy atom. The summed E-state index contributed by atoms with van der Waals surface area (Å²) >= 11 is 0. The summed E-state index contributed by atoms with van der Waals surface area (Å²) in [4.78, 5) is 0. The quantitative estimate of drug-likeness (QED) is 0.657. The number of aryl methyl sites for hydroxylation is 2. The van der Waals surface area contributed by atoms with Crippen LogP contribution < -0.4 is 0 Å². The molecule has 0 aliphatic carbocycles. The van der Waals surface area contributed by atoms with E-state index in [9.17, 15) is 0 Å². The first kappa shape index (κ1) is 15.3. The molecule has 0 bridgehead atoms. The molecule has 0 saturated carbocycles. The maximum Gasteiger partial charge on any atom is 0.0347 e. The number of benzene rings is 2. The van der Waals surface area contributed by atoms with Crippen molar-refractivity contribution in [2.45, 2.75) is 46.2 Å². The molecule has 0 aromatic heterocycles. The van der Waals surface area contributed by atoms with Crippen LogP contribution in [0.15, 0.2) is 36.4 Å². The topological polar surface area (TPSA) is 0 Å². The van der Waals surface area contributed by atoms with Gasteiger partial charge >= 0.3 is 0 Å². The van der Waals surface area contributed by atoms with E-state index in [1.54, 1.807) is 0 Å². The Bertz CT molecular complexity index is 574. The number of hydrogen-bond donors (Lipinski definition) is 0. The van der Waals surface area contributed by atoms with Gasteiger partial charge < -0.3 is 0 Å². The molecule has 1 unspecified atom stereocenters. The highest BCUT2D eigenvalue weighted by Gasteiger charge is 2.30. The Hall–Kier alpha value is -1.13. The molecule has 0 aliphatic heterocycles. The largest absolute Gasteiger partial charge is 0.122 e. The summed E-state index contributed by atoms with van der Waals surface area (Å²) < 4.78 is 0. The Kier molecular flexibility index (Phi) is 4.35. The van der Waals surface area contributed by atoms with E-state index in [-0.39, 0.29) is 5.16 Å². The van der Waals surface area contributed by atoms with Gasteiger partial charge in [0, 0.05) is 5.16 Å². The average Bonchev–Trinajstić information content (AvgIpc) is 2.44. The Morgan fingerprint density at radius 3 is 1.55 bits per heavy atom. The van der Waals surface area contributed by atoms with Crippen LogP contribution in [0.25, 0.3) is 0 Å². The lowest BCUT2D eigenvalue weighted by Gasteiger charge is -2.33. The molecular weight excluding hydrogens is 259 g/mol. The summed E-state index contributed by atoms with van der Waals surface area (Å²) in [6.07, 6.45) is 1.08. The van der Waals surface area contributed by atoms with Crippen LogP contribution in [0.4, 0.5) is 0 Å². The van der Waals surface area contributed by atoms with E-state index in [1.165, 1.54) is 33.4 Å². The summed E-state index contributed by atoms with van der Waals surface area (Å²) in [6.45, 7) is 11.1. The highest BCUT2D eigenvalue weighted by molar-refractivity contribution is 7.19. The van der Waals surface area contributed by atoms with E-state index >= 15 is 0 Å². The summed E-state index contributed by atoms with van der Waals surface area (Å²) in [5.74, 6) is 0. The van der Waals surface area contributed by atoms with Gasteiger partial charge in [0.1, 0.15) is 0 Å². The van der Waals surface area contributed by atoms with Crippen molar-refractivity contribution in [3.63, 3.8) is 0 Å². The second-order valence-corrected chi connectivity index (χ2v) is 6.81. The molecule has 0 N–H and O–H groups in total. The van der Waals surface area contributed by atoms with Gasteiger partial charge in [-0.3, -0.25) is 0 Å². The molecule has 0 nitrogen and oxygen atoms in total. The van der Waals surface area contributed by atoms with Crippen molar-refractivity contribution >= 4 is 9.24 Å². The molecule has 0 saturated heterocycles. The highest BCUT2D eigenvalue weighted by atomic mass is 31.0. The van der Waals surface area contributed by atoms with Gasteiger partial charge in [-0.25, -0.2) is 0 Å². The van der Waals surface area contributed by atoms with E-state index in [1.807, 2.05) is 0 Å². The fraction of sp³-hybridized carbons (Fsp3) is 0.368. The van der Waals surface area contributed by atoms with Crippen molar-refractivity contribution in [1.82, 2.24) is 0 Å². The molecule has 20 heavy (non-hydrogen) atoms. The van der Waals surface area contributed by atoms with Crippen LogP contribution in [0, 0.1) is 27.7 Å². The third-order valence-corrected chi connectivity index (χ3v) is 5.76. The Morgan fingerprint density at radius 2 is 1.20 bits per heavy atom. The smallest absolute Gasteiger partial charge is 0.0347 e. The van der Waals surface area contributed by atoms with Crippen LogP contribution in [0.1, 0.15) is 46.7 Å². The molecular formula is C19H25P. The maximum atomic E-state index is 3.13. The lowest BCUT2D eigenvalue weighted by atomic mass is 9.81. The lowest BCUT2D eigenvalue weighted by Crippen LogP contribution is -2.22. The molecule has 0 radical (unpaired) electrons. The fourth-order valence-corrected chi connectivity index (χ4v) is 3.62. The van der Waals surface area contributed by atoms with Crippen LogP contribution in [0.3, 0.4) is 0 Å². The number of hydrogen-bond acceptors (Lipinski definition) is 0. The third-order valence-electron chi connectivity index (χ3n) is 4.73. The summed E-state index contributed by atoms with van der Waals surface area (Å²) in [5.41, 5.74) is 8.41. The zero-order valence-corrected chi connectivity index (χ0v) is 14.4. The van der Waals surface area contributed by atoms with Crippen LogP contribution in [-0.2, 0) is 5.16 Å². The SMILES string of the molecule is CCC(P)(c1cccc(C)c1C)c1cccc(C)c1C. The van der Waals surface area contributed by atoms with Gasteiger partial charge in [-0.05, 0) is 67.5 Å². The molecule has 2 aromatic carbocycles. The van der Waals surface area contributed by atoms with Crippen molar-refractivity contribution in [3.8, 4) is 0 Å². The van der Waals surface area contributed by atoms with E-state index in [2.05, 4.69) is 80.3 Å². The summed E-state index contributed by atoms with van der Waals surface area (Å²) in [6, 6.07) is 13.3. The average molecular weight is 284 g/mol. The highest BCUT2D eigenvalue weighted by Crippen LogP contribution is 2.45. The molecule has 0 spiro atoms. The van der Waals surface area contributed by atoms with Gasteiger partial charge in [0.2, 0.25) is 0 Å². The normalized spacial score (nSPS) is 11.7. The van der Waals surface area contributed by atoms with Crippen molar-refractivity contribution in [1.29, 1.82) is 0 Å². The first-order valence-corrected chi connectivity index (χ1v) is 7.91. The monoisotopic (exact) mass is 284 g/mol.